The van der Waals surface area contributed by atoms with Gasteiger partial charge in [-0.05, 0) is 12.5 Å². The summed E-state index contributed by atoms with van der Waals surface area (Å²) in [5.74, 6) is 0. The van der Waals surface area contributed by atoms with Crippen molar-refractivity contribution in [3.05, 3.63) is 30.0 Å². The molecule has 3 heteroatoms. The van der Waals surface area contributed by atoms with Gasteiger partial charge in [0.05, 0.1) is 11.2 Å². The van der Waals surface area contributed by atoms with Crippen molar-refractivity contribution in [2.45, 2.75) is 25.8 Å². The van der Waals surface area contributed by atoms with Gasteiger partial charge >= 0.3 is 0 Å². The van der Waals surface area contributed by atoms with Gasteiger partial charge in [0.1, 0.15) is 0 Å². The van der Waals surface area contributed by atoms with E-state index in [1.807, 2.05) is 23.9 Å². The van der Waals surface area contributed by atoms with E-state index in [0.29, 0.717) is 0 Å². The first-order valence-corrected chi connectivity index (χ1v) is 5.41. The largest absolute Gasteiger partial charge is 0.323 e. The summed E-state index contributed by atoms with van der Waals surface area (Å²) >= 11 is 0. The van der Waals surface area contributed by atoms with Gasteiger partial charge in [-0.2, -0.15) is 5.10 Å². The molecule has 0 radical (unpaired) electrons. The maximum Gasteiger partial charge on any atom is 0.0870 e. The maximum atomic E-state index is 6.11. The Kier molecular flexibility index (Phi) is 2.73. The number of nitrogens with two attached hydrogens (primary N) is 1. The summed E-state index contributed by atoms with van der Waals surface area (Å²) in [6, 6.07) is 8.28. The van der Waals surface area contributed by atoms with Gasteiger partial charge in [0.15, 0.2) is 0 Å². The lowest BCUT2D eigenvalue weighted by atomic mass is 10.1. The lowest BCUT2D eigenvalue weighted by Crippen LogP contribution is -2.11. The molecule has 0 fully saturated rings. The average Bonchev–Trinajstić information content (AvgIpc) is 2.58. The summed E-state index contributed by atoms with van der Waals surface area (Å²) in [7, 11) is 1.96. The van der Waals surface area contributed by atoms with Gasteiger partial charge in [0.25, 0.3) is 0 Å². The highest BCUT2D eigenvalue weighted by molar-refractivity contribution is 5.82. The van der Waals surface area contributed by atoms with Crippen LogP contribution >= 0.6 is 0 Å². The minimum absolute atomic E-state index is 0.0566. The molecule has 15 heavy (non-hydrogen) atoms. The normalized spacial score (nSPS) is 13.3. The number of aryl methyl sites for hydroxylation is 1. The van der Waals surface area contributed by atoms with E-state index in [4.69, 9.17) is 5.73 Å². The molecule has 2 rings (SSSR count). The highest BCUT2D eigenvalue weighted by atomic mass is 15.3. The fourth-order valence-corrected chi connectivity index (χ4v) is 1.96. The zero-order chi connectivity index (χ0) is 10.8. The number of hydrogen-bond donors (Lipinski definition) is 1. The van der Waals surface area contributed by atoms with E-state index >= 15 is 0 Å². The van der Waals surface area contributed by atoms with Crippen LogP contribution in [0.15, 0.2) is 24.3 Å². The van der Waals surface area contributed by atoms with E-state index in [1.165, 1.54) is 5.39 Å². The number of rotatable bonds is 3. The van der Waals surface area contributed by atoms with E-state index in [2.05, 4.69) is 24.2 Å². The van der Waals surface area contributed by atoms with Crippen molar-refractivity contribution in [2.24, 2.45) is 12.8 Å². The van der Waals surface area contributed by atoms with E-state index in [1.54, 1.807) is 0 Å². The number of para-hydroxylation sites is 1. The van der Waals surface area contributed by atoms with Crippen molar-refractivity contribution in [3.63, 3.8) is 0 Å². The first-order valence-electron chi connectivity index (χ1n) is 5.41. The predicted octanol–water partition coefficient (Wildman–Crippen LogP) is 2.37. The molecule has 1 aromatic heterocycles. The van der Waals surface area contributed by atoms with Crippen LogP contribution in [0.25, 0.3) is 10.9 Å². The lowest BCUT2D eigenvalue weighted by Gasteiger charge is -2.06. The number of aromatic nitrogens is 2. The van der Waals surface area contributed by atoms with Crippen molar-refractivity contribution >= 4 is 10.9 Å². The van der Waals surface area contributed by atoms with Gasteiger partial charge in [0.2, 0.25) is 0 Å². The molecule has 0 bridgehead atoms. The average molecular weight is 203 g/mol. The molecule has 0 aliphatic rings. The number of fused-ring (bicyclic) bond motifs is 1. The molecule has 0 aliphatic carbocycles. The smallest absolute Gasteiger partial charge is 0.0870 e. The Morgan fingerprint density at radius 1 is 1.40 bits per heavy atom. The maximum absolute atomic E-state index is 6.11. The highest BCUT2D eigenvalue weighted by Gasteiger charge is 2.13. The molecule has 0 spiro atoms. The van der Waals surface area contributed by atoms with E-state index in [9.17, 15) is 0 Å². The molecule has 0 saturated carbocycles. The van der Waals surface area contributed by atoms with Crippen molar-refractivity contribution in [1.82, 2.24) is 9.78 Å². The van der Waals surface area contributed by atoms with E-state index in [0.717, 1.165) is 24.1 Å². The third-order valence-corrected chi connectivity index (χ3v) is 2.74. The number of hydrogen-bond acceptors (Lipinski definition) is 2. The van der Waals surface area contributed by atoms with Gasteiger partial charge < -0.3 is 5.73 Å². The van der Waals surface area contributed by atoms with E-state index in [-0.39, 0.29) is 6.04 Å². The molecule has 3 nitrogen and oxygen atoms in total. The predicted molar refractivity (Wildman–Crippen MR) is 62.6 cm³/mol. The first kappa shape index (κ1) is 10.2. The molecule has 2 aromatic rings. The fraction of sp³-hybridized carbons (Fsp3) is 0.417. The fourth-order valence-electron chi connectivity index (χ4n) is 1.96. The minimum atomic E-state index is 0.0566. The molecule has 1 atom stereocenters. The Bertz CT molecular complexity index is 459. The second kappa shape index (κ2) is 4.03. The van der Waals surface area contributed by atoms with Crippen molar-refractivity contribution in [3.8, 4) is 0 Å². The summed E-state index contributed by atoms with van der Waals surface area (Å²) < 4.78 is 1.90. The Hall–Kier alpha value is -1.35. The van der Waals surface area contributed by atoms with Gasteiger partial charge in [-0.1, -0.05) is 31.5 Å². The zero-order valence-corrected chi connectivity index (χ0v) is 9.27. The molecule has 2 N–H and O–H groups in total. The molecular formula is C12H17N3. The van der Waals surface area contributed by atoms with Crippen LogP contribution in [-0.2, 0) is 7.05 Å². The van der Waals surface area contributed by atoms with Gasteiger partial charge in [-0.3, -0.25) is 4.68 Å². The second-order valence-electron chi connectivity index (χ2n) is 3.92. The standard InChI is InChI=1S/C12H17N3/c1-3-6-10(13)12-9-7-4-5-8-11(9)15(2)14-12/h4-5,7-8,10H,3,6,13H2,1-2H3. The Labute approximate surface area is 89.9 Å². The third kappa shape index (κ3) is 1.75. The van der Waals surface area contributed by atoms with Crippen LogP contribution in [0.5, 0.6) is 0 Å². The molecule has 1 aromatic carbocycles. The van der Waals surface area contributed by atoms with Crippen LogP contribution in [-0.4, -0.2) is 9.78 Å². The lowest BCUT2D eigenvalue weighted by molar-refractivity contribution is 0.608. The SMILES string of the molecule is CCCC(N)c1nn(C)c2ccccc12. The second-order valence-corrected chi connectivity index (χ2v) is 3.92. The molecule has 0 amide bonds. The van der Waals surface area contributed by atoms with Crippen LogP contribution in [0.3, 0.4) is 0 Å². The Balaban J connectivity index is 2.52. The quantitative estimate of drug-likeness (QED) is 0.832. The van der Waals surface area contributed by atoms with Gasteiger partial charge in [-0.25, -0.2) is 0 Å². The monoisotopic (exact) mass is 203 g/mol. The topological polar surface area (TPSA) is 43.8 Å². The van der Waals surface area contributed by atoms with Crippen LogP contribution in [0.1, 0.15) is 31.5 Å². The van der Waals surface area contributed by atoms with Crippen LogP contribution < -0.4 is 5.73 Å². The molecule has 0 aliphatic heterocycles. The van der Waals surface area contributed by atoms with Crippen molar-refractivity contribution in [2.75, 3.05) is 0 Å². The molecule has 1 heterocycles. The third-order valence-electron chi connectivity index (χ3n) is 2.74. The van der Waals surface area contributed by atoms with Crippen LogP contribution in [0.2, 0.25) is 0 Å². The van der Waals surface area contributed by atoms with Crippen LogP contribution in [0.4, 0.5) is 0 Å². The number of benzene rings is 1. The first-order chi connectivity index (χ1) is 7.24. The Morgan fingerprint density at radius 2 is 2.13 bits per heavy atom. The van der Waals surface area contributed by atoms with Crippen LogP contribution in [0, 0.1) is 0 Å². The van der Waals surface area contributed by atoms with Crippen molar-refractivity contribution < 1.29 is 0 Å². The summed E-state index contributed by atoms with van der Waals surface area (Å²) in [6.07, 6.45) is 2.08. The van der Waals surface area contributed by atoms with Gasteiger partial charge in [-0.15, -0.1) is 0 Å². The minimum Gasteiger partial charge on any atom is -0.323 e. The van der Waals surface area contributed by atoms with Gasteiger partial charge in [0, 0.05) is 18.5 Å². The molecular weight excluding hydrogens is 186 g/mol. The molecule has 80 valence electrons. The summed E-state index contributed by atoms with van der Waals surface area (Å²) in [4.78, 5) is 0. The number of nitrogens with zero attached hydrogens (tertiary/aromatic N) is 2. The van der Waals surface area contributed by atoms with Crippen molar-refractivity contribution in [1.29, 1.82) is 0 Å². The Morgan fingerprint density at radius 3 is 2.87 bits per heavy atom. The molecule has 1 unspecified atom stereocenters. The van der Waals surface area contributed by atoms with E-state index < -0.39 is 0 Å². The summed E-state index contributed by atoms with van der Waals surface area (Å²) in [5.41, 5.74) is 8.28. The molecule has 0 saturated heterocycles. The summed E-state index contributed by atoms with van der Waals surface area (Å²) in [6.45, 7) is 2.14. The zero-order valence-electron chi connectivity index (χ0n) is 9.27. The highest BCUT2D eigenvalue weighted by Crippen LogP contribution is 2.24. The summed E-state index contributed by atoms with van der Waals surface area (Å²) in [5, 5.41) is 5.68.